The second-order valence-electron chi connectivity index (χ2n) is 4.49. The van der Waals surface area contributed by atoms with E-state index in [1.165, 1.54) is 16.7 Å². The first-order chi connectivity index (χ1) is 9.54. The molecule has 1 heterocycles. The summed E-state index contributed by atoms with van der Waals surface area (Å²) >= 11 is 0. The van der Waals surface area contributed by atoms with Gasteiger partial charge in [0.05, 0.1) is 20.3 Å². The zero-order valence-corrected chi connectivity index (χ0v) is 11.2. The molecule has 4 N–H and O–H groups in total. The first-order valence-corrected chi connectivity index (χ1v) is 6.08. The maximum atomic E-state index is 11.1. The Bertz CT molecular complexity index is 684. The third kappa shape index (κ3) is 3.66. The summed E-state index contributed by atoms with van der Waals surface area (Å²) < 4.78 is 0. The van der Waals surface area contributed by atoms with Crippen molar-refractivity contribution < 1.29 is 4.90 Å². The highest BCUT2D eigenvalue weighted by molar-refractivity contribution is 5.80. The summed E-state index contributed by atoms with van der Waals surface area (Å²) in [7, 11) is 4.10. The Morgan fingerprint density at radius 3 is 2.45 bits per heavy atom. The van der Waals surface area contributed by atoms with Crippen LogP contribution in [-0.4, -0.2) is 30.3 Å². The molecule has 0 atom stereocenters. The number of hydrogen-bond acceptors (Lipinski definition) is 4. The van der Waals surface area contributed by atoms with Gasteiger partial charge in [-0.1, -0.05) is 0 Å². The predicted octanol–water partition coefficient (Wildman–Crippen LogP) is -0.715. The normalized spacial score (nSPS) is 11.2. The Labute approximate surface area is 115 Å². The van der Waals surface area contributed by atoms with Crippen LogP contribution in [0.1, 0.15) is 5.56 Å². The molecular formula is C13H16N5O2+. The van der Waals surface area contributed by atoms with E-state index >= 15 is 0 Å². The van der Waals surface area contributed by atoms with Gasteiger partial charge >= 0.3 is 5.69 Å². The topological polar surface area (TPSA) is 94.5 Å². The summed E-state index contributed by atoms with van der Waals surface area (Å²) in [6.07, 6.45) is 1.61. The van der Waals surface area contributed by atoms with Gasteiger partial charge in [-0.05, 0) is 29.8 Å². The fourth-order valence-electron chi connectivity index (χ4n) is 1.61. The molecule has 0 saturated carbocycles. The van der Waals surface area contributed by atoms with Gasteiger partial charge in [-0.25, -0.2) is 4.79 Å². The van der Waals surface area contributed by atoms with Crippen molar-refractivity contribution in [3.63, 3.8) is 0 Å². The number of nitrogens with one attached hydrogen (secondary N) is 4. The molecule has 1 aromatic carbocycles. The molecule has 0 aliphatic heterocycles. The highest BCUT2D eigenvalue weighted by atomic mass is 16.2. The van der Waals surface area contributed by atoms with Crippen molar-refractivity contribution >= 4 is 17.7 Å². The van der Waals surface area contributed by atoms with Gasteiger partial charge in [0.2, 0.25) is 0 Å². The van der Waals surface area contributed by atoms with E-state index in [9.17, 15) is 9.59 Å². The van der Waals surface area contributed by atoms with Crippen LogP contribution in [0.2, 0.25) is 0 Å². The van der Waals surface area contributed by atoms with Crippen LogP contribution in [0.4, 0.5) is 11.5 Å². The fourth-order valence-corrected chi connectivity index (χ4v) is 1.61. The van der Waals surface area contributed by atoms with Crippen molar-refractivity contribution in [2.75, 3.05) is 19.5 Å². The molecule has 0 saturated heterocycles. The molecule has 1 aromatic heterocycles. The van der Waals surface area contributed by atoms with Gasteiger partial charge in [0.25, 0.3) is 5.56 Å². The van der Waals surface area contributed by atoms with Crippen LogP contribution in [-0.2, 0) is 0 Å². The van der Waals surface area contributed by atoms with Crippen molar-refractivity contribution in [2.45, 2.75) is 0 Å². The predicted molar refractivity (Wildman–Crippen MR) is 77.8 cm³/mol. The SMILES string of the molecule is C[NH+](C)c1ccc(C=NNc2cc(=O)[nH]c(=O)[nH]2)cc1. The average Bonchev–Trinajstić information content (AvgIpc) is 2.38. The summed E-state index contributed by atoms with van der Waals surface area (Å²) in [5.41, 5.74) is 3.63. The van der Waals surface area contributed by atoms with E-state index < -0.39 is 11.2 Å². The van der Waals surface area contributed by atoms with Gasteiger partial charge in [0, 0.05) is 6.07 Å². The van der Waals surface area contributed by atoms with E-state index in [1.807, 2.05) is 38.4 Å². The van der Waals surface area contributed by atoms with Gasteiger partial charge in [-0.2, -0.15) is 5.10 Å². The summed E-state index contributed by atoms with van der Waals surface area (Å²) in [4.78, 5) is 27.9. The summed E-state index contributed by atoms with van der Waals surface area (Å²) in [6.45, 7) is 0. The number of aromatic nitrogens is 2. The van der Waals surface area contributed by atoms with Gasteiger partial charge < -0.3 is 4.90 Å². The van der Waals surface area contributed by atoms with E-state index in [0.717, 1.165) is 5.56 Å². The van der Waals surface area contributed by atoms with Crippen LogP contribution in [0.25, 0.3) is 0 Å². The molecule has 0 spiro atoms. The molecule has 0 radical (unpaired) electrons. The lowest BCUT2D eigenvalue weighted by Crippen LogP contribution is -3.00. The lowest BCUT2D eigenvalue weighted by Gasteiger charge is -2.05. The van der Waals surface area contributed by atoms with Crippen molar-refractivity contribution in [3.05, 3.63) is 56.7 Å². The Morgan fingerprint density at radius 2 is 1.85 bits per heavy atom. The Hall–Kier alpha value is -2.67. The maximum absolute atomic E-state index is 11.1. The van der Waals surface area contributed by atoms with Crippen LogP contribution in [0.3, 0.4) is 0 Å². The minimum atomic E-state index is -0.575. The van der Waals surface area contributed by atoms with E-state index in [4.69, 9.17) is 0 Å². The van der Waals surface area contributed by atoms with Crippen molar-refractivity contribution in [3.8, 4) is 0 Å². The second kappa shape index (κ2) is 5.98. The lowest BCUT2D eigenvalue weighted by atomic mass is 10.2. The summed E-state index contributed by atoms with van der Waals surface area (Å²) in [5.74, 6) is 0.240. The number of benzene rings is 1. The van der Waals surface area contributed by atoms with Gasteiger partial charge in [-0.3, -0.25) is 20.2 Å². The average molecular weight is 274 g/mol. The lowest BCUT2D eigenvalue weighted by molar-refractivity contribution is -0.786. The summed E-state index contributed by atoms with van der Waals surface area (Å²) in [6, 6.07) is 9.11. The van der Waals surface area contributed by atoms with Gasteiger partial charge in [0.1, 0.15) is 11.5 Å². The minimum Gasteiger partial charge on any atom is -0.307 e. The first-order valence-electron chi connectivity index (χ1n) is 6.08. The van der Waals surface area contributed by atoms with Crippen LogP contribution in [0.15, 0.2) is 45.0 Å². The van der Waals surface area contributed by atoms with Crippen molar-refractivity contribution in [1.82, 2.24) is 9.97 Å². The molecular weight excluding hydrogens is 258 g/mol. The zero-order chi connectivity index (χ0) is 14.5. The maximum Gasteiger partial charge on any atom is 0.327 e. The monoisotopic (exact) mass is 274 g/mol. The number of aromatic amines is 2. The Morgan fingerprint density at radius 1 is 1.15 bits per heavy atom. The number of nitrogens with zero attached hydrogens (tertiary/aromatic N) is 1. The first kappa shape index (κ1) is 13.8. The molecule has 0 aliphatic carbocycles. The molecule has 104 valence electrons. The third-order valence-corrected chi connectivity index (χ3v) is 2.65. The molecule has 0 unspecified atom stereocenters. The second-order valence-corrected chi connectivity index (χ2v) is 4.49. The van der Waals surface area contributed by atoms with E-state index in [-0.39, 0.29) is 5.82 Å². The molecule has 7 heteroatoms. The number of anilines is 1. The van der Waals surface area contributed by atoms with Crippen LogP contribution in [0, 0.1) is 0 Å². The number of rotatable bonds is 4. The smallest absolute Gasteiger partial charge is 0.307 e. The highest BCUT2D eigenvalue weighted by Gasteiger charge is 1.98. The molecule has 7 nitrogen and oxygen atoms in total. The molecule has 0 aliphatic rings. The van der Waals surface area contributed by atoms with Crippen LogP contribution < -0.4 is 21.6 Å². The van der Waals surface area contributed by atoms with Gasteiger partial charge in [0.15, 0.2) is 0 Å². The minimum absolute atomic E-state index is 0.240. The van der Waals surface area contributed by atoms with Gasteiger partial charge in [-0.15, -0.1) is 0 Å². The third-order valence-electron chi connectivity index (χ3n) is 2.65. The summed E-state index contributed by atoms with van der Waals surface area (Å²) in [5, 5.41) is 3.96. The highest BCUT2D eigenvalue weighted by Crippen LogP contribution is 2.03. The molecule has 2 rings (SSSR count). The Balaban J connectivity index is 2.06. The molecule has 20 heavy (non-hydrogen) atoms. The number of hydrazone groups is 1. The van der Waals surface area contributed by atoms with E-state index in [0.29, 0.717) is 0 Å². The molecule has 2 aromatic rings. The zero-order valence-electron chi connectivity index (χ0n) is 11.2. The van der Waals surface area contributed by atoms with Crippen molar-refractivity contribution in [1.29, 1.82) is 0 Å². The van der Waals surface area contributed by atoms with Crippen LogP contribution >= 0.6 is 0 Å². The largest absolute Gasteiger partial charge is 0.327 e. The standard InChI is InChI=1S/C13H15N5O2/c1-18(2)10-5-3-9(4-6-10)8-14-17-11-7-12(19)16-13(20)15-11/h3-8H,1-2H3,(H3,15,16,17,19,20)/p+1. The fraction of sp³-hybridized carbons (Fsp3) is 0.154. The number of H-pyrrole nitrogens is 2. The van der Waals surface area contributed by atoms with E-state index in [1.54, 1.807) is 6.21 Å². The van der Waals surface area contributed by atoms with E-state index in [2.05, 4.69) is 20.5 Å². The molecule has 0 fully saturated rings. The van der Waals surface area contributed by atoms with Crippen molar-refractivity contribution in [2.24, 2.45) is 5.10 Å². The molecule has 0 bridgehead atoms. The quantitative estimate of drug-likeness (QED) is 0.438. The van der Waals surface area contributed by atoms with Crippen LogP contribution in [0.5, 0.6) is 0 Å². The Kier molecular flexibility index (Phi) is 4.11. The number of quaternary nitrogens is 1. The molecule has 0 amide bonds. The number of hydrogen-bond donors (Lipinski definition) is 4.